The minimum atomic E-state index is -0.280. The predicted octanol–water partition coefficient (Wildman–Crippen LogP) is 2.26. The number of carbonyl (C=O) groups is 2. The van der Waals surface area contributed by atoms with E-state index >= 15 is 0 Å². The van der Waals surface area contributed by atoms with E-state index in [-0.39, 0.29) is 35.2 Å². The van der Waals surface area contributed by atoms with Gasteiger partial charge in [-0.1, -0.05) is 6.92 Å². The smallest absolute Gasteiger partial charge is 0.308 e. The second-order valence-electron chi connectivity index (χ2n) is 10.0. The van der Waals surface area contributed by atoms with Crippen molar-refractivity contribution in [2.45, 2.75) is 77.9 Å². The van der Waals surface area contributed by atoms with Gasteiger partial charge in [0.1, 0.15) is 5.69 Å². The minimum Gasteiger partial charge on any atom is -0.465 e. The zero-order chi connectivity index (χ0) is 22.7. The van der Waals surface area contributed by atoms with Gasteiger partial charge in [0.25, 0.3) is 5.91 Å². The molecule has 1 saturated carbocycles. The summed E-state index contributed by atoms with van der Waals surface area (Å²) in [5.74, 6) is -0.183. The zero-order valence-corrected chi connectivity index (χ0v) is 19.4. The van der Waals surface area contributed by atoms with Crippen LogP contribution in [0, 0.1) is 17.3 Å². The lowest BCUT2D eigenvalue weighted by Crippen LogP contribution is -2.40. The second kappa shape index (κ2) is 9.91. The summed E-state index contributed by atoms with van der Waals surface area (Å²) in [4.78, 5) is 25.4. The molecule has 3 heterocycles. The van der Waals surface area contributed by atoms with E-state index in [0.717, 1.165) is 43.7 Å². The van der Waals surface area contributed by atoms with E-state index in [4.69, 9.17) is 14.6 Å². The SMILES string of the molecule is CCn1nc(C[C@@H](C)COC(=O)[C@H]2CC[C@@H](O)CC2)c2c1C(=O)NCC1(CCOCC1)C2. The van der Waals surface area contributed by atoms with Crippen LogP contribution in [-0.2, 0) is 33.7 Å². The molecule has 1 spiro atoms. The fraction of sp³-hybridized carbons (Fsp3) is 0.792. The van der Waals surface area contributed by atoms with E-state index in [1.54, 1.807) is 0 Å². The molecule has 1 amide bonds. The molecule has 1 aliphatic carbocycles. The number of nitrogens with zero attached hydrogens (tertiary/aromatic N) is 2. The Morgan fingerprint density at radius 1 is 1.31 bits per heavy atom. The lowest BCUT2D eigenvalue weighted by molar-refractivity contribution is -0.151. The Morgan fingerprint density at radius 2 is 2.03 bits per heavy atom. The Balaban J connectivity index is 1.44. The molecule has 32 heavy (non-hydrogen) atoms. The van der Waals surface area contributed by atoms with Gasteiger partial charge in [0.2, 0.25) is 0 Å². The van der Waals surface area contributed by atoms with Crippen molar-refractivity contribution in [1.29, 1.82) is 0 Å². The van der Waals surface area contributed by atoms with Crippen molar-refractivity contribution in [2.24, 2.45) is 17.3 Å². The van der Waals surface area contributed by atoms with Crippen LogP contribution in [0.25, 0.3) is 0 Å². The molecule has 2 N–H and O–H groups in total. The lowest BCUT2D eigenvalue weighted by atomic mass is 9.75. The molecule has 2 fully saturated rings. The van der Waals surface area contributed by atoms with Gasteiger partial charge in [-0.25, -0.2) is 0 Å². The highest BCUT2D eigenvalue weighted by molar-refractivity contribution is 5.94. The highest BCUT2D eigenvalue weighted by Gasteiger charge is 2.39. The molecule has 1 aromatic rings. The first kappa shape index (κ1) is 23.2. The van der Waals surface area contributed by atoms with Crippen LogP contribution in [0.3, 0.4) is 0 Å². The van der Waals surface area contributed by atoms with Gasteiger partial charge in [0, 0.05) is 31.9 Å². The van der Waals surface area contributed by atoms with Crippen LogP contribution in [0.2, 0.25) is 0 Å². The van der Waals surface area contributed by atoms with Gasteiger partial charge in [0.05, 0.1) is 24.3 Å². The average Bonchev–Trinajstić information content (AvgIpc) is 3.06. The first-order chi connectivity index (χ1) is 15.4. The van der Waals surface area contributed by atoms with Crippen LogP contribution in [0.1, 0.15) is 74.1 Å². The van der Waals surface area contributed by atoms with Crippen molar-refractivity contribution in [1.82, 2.24) is 15.1 Å². The van der Waals surface area contributed by atoms with Crippen LogP contribution in [0.4, 0.5) is 0 Å². The number of fused-ring (bicyclic) bond motifs is 1. The van der Waals surface area contributed by atoms with Crippen molar-refractivity contribution < 1.29 is 24.2 Å². The third kappa shape index (κ3) is 5.01. The number of aryl methyl sites for hydroxylation is 1. The van der Waals surface area contributed by atoms with Crippen LogP contribution < -0.4 is 5.32 Å². The molecule has 0 aromatic carbocycles. The highest BCUT2D eigenvalue weighted by Crippen LogP contribution is 2.38. The third-order valence-electron chi connectivity index (χ3n) is 7.46. The predicted molar refractivity (Wildman–Crippen MR) is 118 cm³/mol. The molecule has 3 aliphatic rings. The van der Waals surface area contributed by atoms with Gasteiger partial charge in [-0.15, -0.1) is 0 Å². The molecule has 178 valence electrons. The summed E-state index contributed by atoms with van der Waals surface area (Å²) in [6.07, 6.45) is 5.84. The summed E-state index contributed by atoms with van der Waals surface area (Å²) in [5, 5.41) is 17.6. The zero-order valence-electron chi connectivity index (χ0n) is 19.4. The minimum absolute atomic E-state index is 0.0246. The summed E-state index contributed by atoms with van der Waals surface area (Å²) >= 11 is 0. The van der Waals surface area contributed by atoms with Crippen molar-refractivity contribution >= 4 is 11.9 Å². The highest BCUT2D eigenvalue weighted by atomic mass is 16.5. The van der Waals surface area contributed by atoms with Crippen LogP contribution >= 0.6 is 0 Å². The Kier molecular flexibility index (Phi) is 7.20. The summed E-state index contributed by atoms with van der Waals surface area (Å²) in [6.45, 7) is 7.19. The normalized spacial score (nSPS) is 26.2. The van der Waals surface area contributed by atoms with Gasteiger partial charge in [0.15, 0.2) is 0 Å². The molecule has 8 nitrogen and oxygen atoms in total. The average molecular weight is 448 g/mol. The molecule has 1 saturated heterocycles. The number of aromatic nitrogens is 2. The fourth-order valence-electron chi connectivity index (χ4n) is 5.37. The lowest BCUT2D eigenvalue weighted by Gasteiger charge is -2.36. The van der Waals surface area contributed by atoms with Gasteiger partial charge in [-0.05, 0) is 69.6 Å². The van der Waals surface area contributed by atoms with E-state index in [1.165, 1.54) is 0 Å². The maximum absolute atomic E-state index is 12.9. The first-order valence-corrected chi connectivity index (χ1v) is 12.2. The number of nitrogens with one attached hydrogen (secondary N) is 1. The van der Waals surface area contributed by atoms with E-state index < -0.39 is 0 Å². The summed E-state index contributed by atoms with van der Waals surface area (Å²) < 4.78 is 13.0. The summed E-state index contributed by atoms with van der Waals surface area (Å²) in [7, 11) is 0. The monoisotopic (exact) mass is 447 g/mol. The number of amides is 1. The summed E-state index contributed by atoms with van der Waals surface area (Å²) in [5.41, 5.74) is 2.73. The number of hydrogen-bond acceptors (Lipinski definition) is 6. The molecular formula is C24H37N3O5. The number of carbonyl (C=O) groups excluding carboxylic acids is 2. The third-order valence-corrected chi connectivity index (χ3v) is 7.46. The number of ether oxygens (including phenoxy) is 2. The van der Waals surface area contributed by atoms with E-state index in [0.29, 0.717) is 57.5 Å². The number of aliphatic hydroxyl groups excluding tert-OH is 1. The maximum Gasteiger partial charge on any atom is 0.308 e. The molecular weight excluding hydrogens is 410 g/mol. The molecule has 1 atom stereocenters. The van der Waals surface area contributed by atoms with E-state index in [2.05, 4.69) is 12.2 Å². The topological polar surface area (TPSA) is 103 Å². The number of hydrogen-bond donors (Lipinski definition) is 2. The van der Waals surface area contributed by atoms with Crippen molar-refractivity contribution in [3.05, 3.63) is 17.0 Å². The quantitative estimate of drug-likeness (QED) is 0.649. The Bertz CT molecular complexity index is 822. The molecule has 0 radical (unpaired) electrons. The molecule has 0 unspecified atom stereocenters. The first-order valence-electron chi connectivity index (χ1n) is 12.2. The largest absolute Gasteiger partial charge is 0.465 e. The molecule has 4 rings (SSSR count). The van der Waals surface area contributed by atoms with Crippen molar-refractivity contribution in [3.8, 4) is 0 Å². The van der Waals surface area contributed by atoms with Gasteiger partial charge in [-0.2, -0.15) is 5.10 Å². The van der Waals surface area contributed by atoms with Gasteiger partial charge >= 0.3 is 5.97 Å². The number of aliphatic hydroxyl groups is 1. The Labute approximate surface area is 190 Å². The molecule has 1 aromatic heterocycles. The van der Waals surface area contributed by atoms with Gasteiger partial charge in [-0.3, -0.25) is 14.3 Å². The maximum atomic E-state index is 12.9. The van der Waals surface area contributed by atoms with Crippen LogP contribution in [-0.4, -0.2) is 59.2 Å². The van der Waals surface area contributed by atoms with Crippen LogP contribution in [0.15, 0.2) is 0 Å². The standard InChI is InChI=1S/C24H37N3O5/c1-3-27-21-19(13-24(15-25-22(21)29)8-10-31-11-9-24)20(26-27)12-16(2)14-32-23(30)17-4-6-18(28)7-5-17/h16-18,28H,3-15H2,1-2H3,(H,25,29)/t16-,17-,18+/m1/s1. The summed E-state index contributed by atoms with van der Waals surface area (Å²) in [6, 6.07) is 0. The molecule has 8 heteroatoms. The Morgan fingerprint density at radius 3 is 2.72 bits per heavy atom. The van der Waals surface area contributed by atoms with E-state index in [1.807, 2.05) is 11.6 Å². The fourth-order valence-corrected chi connectivity index (χ4v) is 5.37. The van der Waals surface area contributed by atoms with Crippen molar-refractivity contribution in [3.63, 3.8) is 0 Å². The van der Waals surface area contributed by atoms with Gasteiger partial charge < -0.3 is 19.9 Å². The second-order valence-corrected chi connectivity index (χ2v) is 10.0. The van der Waals surface area contributed by atoms with Crippen LogP contribution in [0.5, 0.6) is 0 Å². The molecule has 2 aliphatic heterocycles. The van der Waals surface area contributed by atoms with Crippen molar-refractivity contribution in [2.75, 3.05) is 26.4 Å². The van der Waals surface area contributed by atoms with E-state index in [9.17, 15) is 14.7 Å². The number of esters is 1. The Hall–Kier alpha value is -1.93. The number of rotatable bonds is 6. The molecule has 0 bridgehead atoms.